The number of thiazole rings is 1. The molecule has 1 aliphatic rings. The van der Waals surface area contributed by atoms with E-state index >= 15 is 0 Å². The first-order valence-electron chi connectivity index (χ1n) is 10.4. The van der Waals surface area contributed by atoms with Gasteiger partial charge in [0.1, 0.15) is 0 Å². The van der Waals surface area contributed by atoms with E-state index in [-0.39, 0.29) is 5.91 Å². The summed E-state index contributed by atoms with van der Waals surface area (Å²) in [7, 11) is 0. The van der Waals surface area contributed by atoms with Gasteiger partial charge in [-0.1, -0.05) is 46.3 Å². The Morgan fingerprint density at radius 2 is 1.87 bits per heavy atom. The van der Waals surface area contributed by atoms with Crippen molar-refractivity contribution in [3.63, 3.8) is 0 Å². The second kappa shape index (κ2) is 9.31. The molecule has 0 aliphatic carbocycles. The van der Waals surface area contributed by atoms with Gasteiger partial charge < -0.3 is 9.47 Å². The Kier molecular flexibility index (Phi) is 6.54. The third-order valence-electron chi connectivity index (χ3n) is 5.55. The van der Waals surface area contributed by atoms with E-state index in [0.29, 0.717) is 6.42 Å². The molecule has 6 heteroatoms. The average Bonchev–Trinajstić information content (AvgIpc) is 3.31. The molecule has 0 atom stereocenters. The quantitative estimate of drug-likeness (QED) is 0.433. The number of aryl methyl sites for hydroxylation is 2. The van der Waals surface area contributed by atoms with E-state index in [2.05, 4.69) is 76.1 Å². The molecule has 156 valence electrons. The van der Waals surface area contributed by atoms with Gasteiger partial charge in [0.15, 0.2) is 4.80 Å². The van der Waals surface area contributed by atoms with Crippen LogP contribution in [0.5, 0.6) is 0 Å². The first-order valence-corrected chi connectivity index (χ1v) is 12.0. The second-order valence-corrected chi connectivity index (χ2v) is 9.51. The first kappa shape index (κ1) is 21.1. The van der Waals surface area contributed by atoms with Crippen LogP contribution in [-0.4, -0.2) is 28.5 Å². The zero-order valence-electron chi connectivity index (χ0n) is 17.4. The Bertz CT molecular complexity index is 1110. The number of likely N-dealkylation sites (tertiary alicyclic amines) is 1. The van der Waals surface area contributed by atoms with Crippen LogP contribution in [0, 0.1) is 13.8 Å². The van der Waals surface area contributed by atoms with Gasteiger partial charge in [0.2, 0.25) is 5.91 Å². The normalized spacial score (nSPS) is 14.7. The summed E-state index contributed by atoms with van der Waals surface area (Å²) >= 11 is 5.27. The lowest BCUT2D eigenvalue weighted by Crippen LogP contribution is -2.27. The predicted octanol–water partition coefficient (Wildman–Crippen LogP) is 5.84. The van der Waals surface area contributed by atoms with Crippen LogP contribution in [-0.2, 0) is 11.3 Å². The lowest BCUT2D eigenvalue weighted by atomic mass is 10.1. The maximum Gasteiger partial charge on any atom is 0.222 e. The average molecular weight is 484 g/mol. The predicted molar refractivity (Wildman–Crippen MR) is 127 cm³/mol. The summed E-state index contributed by atoms with van der Waals surface area (Å²) in [4.78, 5) is 20.0. The monoisotopic (exact) mass is 483 g/mol. The maximum atomic E-state index is 12.0. The number of amides is 1. The minimum absolute atomic E-state index is 0.290. The molecule has 1 fully saturated rings. The molecule has 1 aliphatic heterocycles. The molecule has 1 saturated heterocycles. The topological polar surface area (TPSA) is 37.6 Å². The van der Waals surface area contributed by atoms with Crippen LogP contribution in [0.15, 0.2) is 57.3 Å². The molecule has 4 rings (SSSR count). The Morgan fingerprint density at radius 3 is 2.57 bits per heavy atom. The number of aromatic nitrogens is 1. The summed E-state index contributed by atoms with van der Waals surface area (Å²) in [6, 6.07) is 14.7. The van der Waals surface area contributed by atoms with Gasteiger partial charge in [-0.3, -0.25) is 4.79 Å². The van der Waals surface area contributed by atoms with Crippen LogP contribution in [0.1, 0.15) is 30.4 Å². The van der Waals surface area contributed by atoms with Crippen molar-refractivity contribution in [2.45, 2.75) is 39.7 Å². The number of hydrogen-bond acceptors (Lipinski definition) is 3. The Hall–Kier alpha value is -2.18. The molecular formula is C24H26BrN3OS. The number of halogens is 1. The SMILES string of the molecule is Cc1cccc(C)c1N=c1scc(-c2cccc(Br)c2)n1CCCN1CCCC1=O. The molecule has 0 saturated carbocycles. The summed E-state index contributed by atoms with van der Waals surface area (Å²) in [5.41, 5.74) is 5.74. The van der Waals surface area contributed by atoms with Gasteiger partial charge in [0, 0.05) is 41.5 Å². The van der Waals surface area contributed by atoms with Gasteiger partial charge in [0.25, 0.3) is 0 Å². The van der Waals surface area contributed by atoms with Crippen LogP contribution in [0.3, 0.4) is 0 Å². The second-order valence-electron chi connectivity index (χ2n) is 7.76. The lowest BCUT2D eigenvalue weighted by Gasteiger charge is -2.16. The highest BCUT2D eigenvalue weighted by Crippen LogP contribution is 2.26. The van der Waals surface area contributed by atoms with Crippen molar-refractivity contribution in [3.8, 4) is 11.3 Å². The zero-order valence-corrected chi connectivity index (χ0v) is 19.8. The van der Waals surface area contributed by atoms with Crippen molar-refractivity contribution in [1.29, 1.82) is 0 Å². The van der Waals surface area contributed by atoms with E-state index in [1.165, 1.54) is 22.4 Å². The lowest BCUT2D eigenvalue weighted by molar-refractivity contribution is -0.127. The van der Waals surface area contributed by atoms with Crippen molar-refractivity contribution in [1.82, 2.24) is 9.47 Å². The van der Waals surface area contributed by atoms with Gasteiger partial charge in [-0.25, -0.2) is 4.99 Å². The van der Waals surface area contributed by atoms with E-state index in [0.717, 1.165) is 47.4 Å². The molecule has 1 amide bonds. The highest BCUT2D eigenvalue weighted by atomic mass is 79.9. The summed E-state index contributed by atoms with van der Waals surface area (Å²) in [5.74, 6) is 0.290. The van der Waals surface area contributed by atoms with E-state index in [1.54, 1.807) is 11.3 Å². The number of nitrogens with zero attached hydrogens (tertiary/aromatic N) is 3. The number of carbonyl (C=O) groups excluding carboxylic acids is 1. The fraction of sp³-hybridized carbons (Fsp3) is 0.333. The van der Waals surface area contributed by atoms with E-state index in [4.69, 9.17) is 4.99 Å². The summed E-state index contributed by atoms with van der Waals surface area (Å²) in [5, 5.41) is 2.19. The van der Waals surface area contributed by atoms with Crippen LogP contribution in [0.2, 0.25) is 0 Å². The van der Waals surface area contributed by atoms with Crippen molar-refractivity contribution in [2.24, 2.45) is 4.99 Å². The Labute approximate surface area is 190 Å². The fourth-order valence-electron chi connectivity index (χ4n) is 3.95. The molecule has 3 aromatic rings. The highest BCUT2D eigenvalue weighted by Gasteiger charge is 2.19. The number of para-hydroxylation sites is 1. The third kappa shape index (κ3) is 4.60. The molecule has 2 aromatic carbocycles. The zero-order chi connectivity index (χ0) is 21.1. The highest BCUT2D eigenvalue weighted by molar-refractivity contribution is 9.10. The molecular weight excluding hydrogens is 458 g/mol. The van der Waals surface area contributed by atoms with Crippen LogP contribution < -0.4 is 4.80 Å². The molecule has 0 unspecified atom stereocenters. The van der Waals surface area contributed by atoms with Crippen molar-refractivity contribution in [2.75, 3.05) is 13.1 Å². The van der Waals surface area contributed by atoms with Crippen molar-refractivity contribution < 1.29 is 4.79 Å². The summed E-state index contributed by atoms with van der Waals surface area (Å²) in [6.07, 6.45) is 2.60. The molecule has 0 spiro atoms. The Balaban J connectivity index is 1.71. The Morgan fingerprint density at radius 1 is 1.10 bits per heavy atom. The van der Waals surface area contributed by atoms with Crippen LogP contribution >= 0.6 is 27.3 Å². The minimum atomic E-state index is 0.290. The molecule has 0 bridgehead atoms. The van der Waals surface area contributed by atoms with Crippen molar-refractivity contribution in [3.05, 3.63) is 68.2 Å². The molecule has 4 nitrogen and oxygen atoms in total. The molecule has 0 N–H and O–H groups in total. The maximum absolute atomic E-state index is 12.0. The first-order chi connectivity index (χ1) is 14.5. The largest absolute Gasteiger partial charge is 0.343 e. The minimum Gasteiger partial charge on any atom is -0.343 e. The smallest absolute Gasteiger partial charge is 0.222 e. The summed E-state index contributed by atoms with van der Waals surface area (Å²) in [6.45, 7) is 6.75. The number of hydrogen-bond donors (Lipinski definition) is 0. The standard InChI is InChI=1S/C24H26BrN3OS/c1-17-7-3-8-18(2)23(17)26-24-28(14-6-13-27-12-5-11-22(27)29)21(16-30-24)19-9-4-10-20(25)15-19/h3-4,7-10,15-16H,5-6,11-14H2,1-2H3. The van der Waals surface area contributed by atoms with Gasteiger partial charge in [0.05, 0.1) is 11.4 Å². The molecule has 1 aromatic heterocycles. The van der Waals surface area contributed by atoms with Crippen molar-refractivity contribution >= 4 is 38.9 Å². The number of carbonyl (C=O) groups is 1. The van der Waals surface area contributed by atoms with Crippen LogP contribution in [0.25, 0.3) is 11.3 Å². The van der Waals surface area contributed by atoms with Crippen LogP contribution in [0.4, 0.5) is 5.69 Å². The molecule has 0 radical (unpaired) electrons. The van der Waals surface area contributed by atoms with Gasteiger partial charge >= 0.3 is 0 Å². The van der Waals surface area contributed by atoms with Gasteiger partial charge in [-0.15, -0.1) is 11.3 Å². The fourth-order valence-corrected chi connectivity index (χ4v) is 5.29. The van der Waals surface area contributed by atoms with Gasteiger partial charge in [-0.2, -0.15) is 0 Å². The van der Waals surface area contributed by atoms with E-state index < -0.39 is 0 Å². The third-order valence-corrected chi connectivity index (χ3v) is 6.90. The summed E-state index contributed by atoms with van der Waals surface area (Å²) < 4.78 is 3.37. The van der Waals surface area contributed by atoms with E-state index in [9.17, 15) is 4.79 Å². The number of benzene rings is 2. The molecule has 30 heavy (non-hydrogen) atoms. The molecule has 2 heterocycles. The number of rotatable bonds is 6. The van der Waals surface area contributed by atoms with Gasteiger partial charge in [-0.05, 0) is 49.9 Å². The van der Waals surface area contributed by atoms with E-state index in [1.807, 2.05) is 11.0 Å².